The van der Waals surface area contributed by atoms with E-state index in [0.29, 0.717) is 30.3 Å². The van der Waals surface area contributed by atoms with Crippen LogP contribution in [-0.2, 0) is 11.3 Å². The maximum atomic E-state index is 12.5. The highest BCUT2D eigenvalue weighted by molar-refractivity contribution is 5.83. The van der Waals surface area contributed by atoms with Crippen LogP contribution >= 0.6 is 0 Å². The molecule has 0 aliphatic heterocycles. The molecule has 0 heterocycles. The molecule has 1 amide bonds. The lowest BCUT2D eigenvalue weighted by Gasteiger charge is -2.25. The smallest absolute Gasteiger partial charge is 0.227 e. The average molecular weight is 322 g/mol. The zero-order chi connectivity index (χ0) is 16.9. The fourth-order valence-electron chi connectivity index (χ4n) is 3.18. The van der Waals surface area contributed by atoms with Gasteiger partial charge in [0.2, 0.25) is 11.7 Å². The van der Waals surface area contributed by atoms with E-state index < -0.39 is 5.41 Å². The Morgan fingerprint density at radius 2 is 1.70 bits per heavy atom. The molecule has 1 saturated carbocycles. The first kappa shape index (κ1) is 17.4. The molecule has 2 rings (SSSR count). The molecule has 3 N–H and O–H groups in total. The first-order valence-electron chi connectivity index (χ1n) is 7.87. The normalized spacial score (nSPS) is 16.0. The van der Waals surface area contributed by atoms with E-state index in [1.165, 1.54) is 0 Å². The van der Waals surface area contributed by atoms with E-state index in [1.54, 1.807) is 21.3 Å². The second-order valence-corrected chi connectivity index (χ2v) is 5.91. The highest BCUT2D eigenvalue weighted by atomic mass is 16.5. The first-order chi connectivity index (χ1) is 11.1. The largest absolute Gasteiger partial charge is 0.493 e. The first-order valence-corrected chi connectivity index (χ1v) is 7.87. The highest BCUT2D eigenvalue weighted by Gasteiger charge is 2.39. The molecule has 1 fully saturated rings. The Balaban J connectivity index is 2.12. The Morgan fingerprint density at radius 1 is 1.13 bits per heavy atom. The van der Waals surface area contributed by atoms with Crippen LogP contribution in [0.2, 0.25) is 0 Å². The lowest BCUT2D eigenvalue weighted by atomic mass is 9.85. The van der Waals surface area contributed by atoms with Crippen LogP contribution in [0.3, 0.4) is 0 Å². The van der Waals surface area contributed by atoms with Gasteiger partial charge in [0.1, 0.15) is 0 Å². The monoisotopic (exact) mass is 322 g/mol. The Kier molecular flexibility index (Phi) is 5.71. The number of nitrogens with one attached hydrogen (secondary N) is 1. The van der Waals surface area contributed by atoms with E-state index >= 15 is 0 Å². The van der Waals surface area contributed by atoms with Gasteiger partial charge in [0.25, 0.3) is 0 Å². The van der Waals surface area contributed by atoms with Crippen molar-refractivity contribution in [3.8, 4) is 17.2 Å². The summed E-state index contributed by atoms with van der Waals surface area (Å²) in [6.45, 7) is 0.797. The third kappa shape index (κ3) is 3.52. The number of methoxy groups -OCH3 is 3. The third-order valence-electron chi connectivity index (χ3n) is 4.61. The van der Waals surface area contributed by atoms with E-state index in [1.807, 2.05) is 12.1 Å². The van der Waals surface area contributed by atoms with Crippen molar-refractivity contribution in [1.82, 2.24) is 5.32 Å². The van der Waals surface area contributed by atoms with Crippen molar-refractivity contribution in [3.63, 3.8) is 0 Å². The van der Waals surface area contributed by atoms with E-state index in [0.717, 1.165) is 31.2 Å². The predicted octanol–water partition coefficient (Wildman–Crippen LogP) is 1.85. The van der Waals surface area contributed by atoms with Crippen LogP contribution in [0, 0.1) is 5.41 Å². The molecule has 23 heavy (non-hydrogen) atoms. The van der Waals surface area contributed by atoms with Gasteiger partial charge in [-0.05, 0) is 30.5 Å². The van der Waals surface area contributed by atoms with Crippen molar-refractivity contribution in [3.05, 3.63) is 17.7 Å². The maximum Gasteiger partial charge on any atom is 0.227 e. The van der Waals surface area contributed by atoms with Gasteiger partial charge in [-0.25, -0.2) is 0 Å². The number of carbonyl (C=O) groups excluding carboxylic acids is 1. The fourth-order valence-corrected chi connectivity index (χ4v) is 3.18. The second-order valence-electron chi connectivity index (χ2n) is 5.91. The van der Waals surface area contributed by atoms with Crippen molar-refractivity contribution in [2.75, 3.05) is 27.9 Å². The van der Waals surface area contributed by atoms with Crippen LogP contribution < -0.4 is 25.3 Å². The second kappa shape index (κ2) is 7.55. The number of rotatable bonds is 7. The third-order valence-corrected chi connectivity index (χ3v) is 4.61. The minimum Gasteiger partial charge on any atom is -0.493 e. The number of nitrogens with two attached hydrogens (primary N) is 1. The summed E-state index contributed by atoms with van der Waals surface area (Å²) in [5.41, 5.74) is 6.34. The van der Waals surface area contributed by atoms with Crippen LogP contribution in [0.1, 0.15) is 31.2 Å². The molecule has 1 aliphatic rings. The van der Waals surface area contributed by atoms with E-state index in [2.05, 4.69) is 5.32 Å². The predicted molar refractivity (Wildman–Crippen MR) is 87.9 cm³/mol. The number of amides is 1. The molecule has 0 saturated heterocycles. The van der Waals surface area contributed by atoms with Gasteiger partial charge in [-0.15, -0.1) is 0 Å². The summed E-state index contributed by atoms with van der Waals surface area (Å²) in [6.07, 6.45) is 3.86. The average Bonchev–Trinajstić information content (AvgIpc) is 3.08. The Labute approximate surface area is 137 Å². The van der Waals surface area contributed by atoms with Crippen LogP contribution in [0.4, 0.5) is 0 Å². The van der Waals surface area contributed by atoms with Crippen LogP contribution in [0.5, 0.6) is 17.2 Å². The molecule has 0 unspecified atom stereocenters. The minimum atomic E-state index is -0.402. The van der Waals surface area contributed by atoms with Gasteiger partial charge in [0.15, 0.2) is 11.5 Å². The van der Waals surface area contributed by atoms with Gasteiger partial charge in [0.05, 0.1) is 26.7 Å². The molecule has 1 aliphatic carbocycles. The zero-order valence-electron chi connectivity index (χ0n) is 14.1. The molecule has 1 aromatic carbocycles. The molecule has 0 spiro atoms. The molecule has 0 bridgehead atoms. The van der Waals surface area contributed by atoms with E-state index in [9.17, 15) is 4.79 Å². The molecule has 6 nitrogen and oxygen atoms in total. The quantitative estimate of drug-likeness (QED) is 0.800. The molecule has 0 atom stereocenters. The standard InChI is InChI=1S/C17H26N2O4/c1-21-13-8-12(9-14(22-2)15(13)23-3)10-19-16(20)17(11-18)6-4-5-7-17/h8-9H,4-7,10-11,18H2,1-3H3,(H,19,20). The van der Waals surface area contributed by atoms with E-state index in [4.69, 9.17) is 19.9 Å². The molecule has 0 aromatic heterocycles. The van der Waals surface area contributed by atoms with Gasteiger partial charge in [0, 0.05) is 13.1 Å². The van der Waals surface area contributed by atoms with Crippen LogP contribution in [0.15, 0.2) is 12.1 Å². The Bertz CT molecular complexity index is 529. The number of benzene rings is 1. The molecule has 128 valence electrons. The summed E-state index contributed by atoms with van der Waals surface area (Å²) in [4.78, 5) is 12.5. The number of ether oxygens (including phenoxy) is 3. The van der Waals surface area contributed by atoms with Gasteiger partial charge in [-0.3, -0.25) is 4.79 Å². The lowest BCUT2D eigenvalue weighted by Crippen LogP contribution is -2.43. The van der Waals surface area contributed by atoms with Crippen molar-refractivity contribution >= 4 is 5.91 Å². The number of hydrogen-bond donors (Lipinski definition) is 2. The van der Waals surface area contributed by atoms with Crippen LogP contribution in [-0.4, -0.2) is 33.8 Å². The Hall–Kier alpha value is -1.95. The van der Waals surface area contributed by atoms with Gasteiger partial charge in [-0.2, -0.15) is 0 Å². The van der Waals surface area contributed by atoms with Gasteiger partial charge in [-0.1, -0.05) is 12.8 Å². The molecule has 1 aromatic rings. The lowest BCUT2D eigenvalue weighted by molar-refractivity contribution is -0.130. The molecular formula is C17H26N2O4. The molecular weight excluding hydrogens is 296 g/mol. The summed E-state index contributed by atoms with van der Waals surface area (Å²) in [7, 11) is 4.70. The maximum absolute atomic E-state index is 12.5. The van der Waals surface area contributed by atoms with Crippen molar-refractivity contribution in [2.24, 2.45) is 11.1 Å². The summed E-state index contributed by atoms with van der Waals surface area (Å²) < 4.78 is 16.0. The summed E-state index contributed by atoms with van der Waals surface area (Å²) in [5, 5.41) is 3.00. The number of hydrogen-bond acceptors (Lipinski definition) is 5. The molecule has 0 radical (unpaired) electrons. The summed E-state index contributed by atoms with van der Waals surface area (Å²) in [5.74, 6) is 1.72. The SMILES string of the molecule is COc1cc(CNC(=O)C2(CN)CCCC2)cc(OC)c1OC. The number of carbonyl (C=O) groups is 1. The van der Waals surface area contributed by atoms with Gasteiger partial charge < -0.3 is 25.3 Å². The minimum absolute atomic E-state index is 0.0336. The topological polar surface area (TPSA) is 82.8 Å². The van der Waals surface area contributed by atoms with E-state index in [-0.39, 0.29) is 5.91 Å². The zero-order valence-corrected chi connectivity index (χ0v) is 14.1. The molecule has 6 heteroatoms. The van der Waals surface area contributed by atoms with Crippen LogP contribution in [0.25, 0.3) is 0 Å². The summed E-state index contributed by atoms with van der Waals surface area (Å²) in [6, 6.07) is 3.68. The fraction of sp³-hybridized carbons (Fsp3) is 0.588. The van der Waals surface area contributed by atoms with Crippen molar-refractivity contribution < 1.29 is 19.0 Å². The summed E-state index contributed by atoms with van der Waals surface area (Å²) >= 11 is 0. The van der Waals surface area contributed by atoms with Crippen molar-refractivity contribution in [1.29, 1.82) is 0 Å². The van der Waals surface area contributed by atoms with Crippen molar-refractivity contribution in [2.45, 2.75) is 32.2 Å². The van der Waals surface area contributed by atoms with Gasteiger partial charge >= 0.3 is 0 Å². The highest BCUT2D eigenvalue weighted by Crippen LogP contribution is 2.39. The Morgan fingerprint density at radius 3 is 2.13 bits per heavy atom.